The number of amides is 1. The summed E-state index contributed by atoms with van der Waals surface area (Å²) < 4.78 is 0. The Hall–Kier alpha value is -3.21. The number of hydrogen-bond donors (Lipinski definition) is 1. The van der Waals surface area contributed by atoms with E-state index < -0.39 is 0 Å². The number of benzene rings is 2. The van der Waals surface area contributed by atoms with Gasteiger partial charge in [-0.25, -0.2) is 9.97 Å². The first-order valence-electron chi connectivity index (χ1n) is 8.75. The molecule has 1 N–H and O–H groups in total. The van der Waals surface area contributed by atoms with Crippen LogP contribution in [0.25, 0.3) is 0 Å². The zero-order chi connectivity index (χ0) is 17.9. The first kappa shape index (κ1) is 16.3. The smallest absolute Gasteiger partial charge is 0.277 e. The highest BCUT2D eigenvalue weighted by atomic mass is 16.2. The lowest BCUT2D eigenvalue weighted by atomic mass is 10.1. The Morgan fingerprint density at radius 2 is 1.85 bits per heavy atom. The normalized spacial score (nSPS) is 14.0. The van der Waals surface area contributed by atoms with Gasteiger partial charge in [-0.1, -0.05) is 48.5 Å². The van der Waals surface area contributed by atoms with Crippen LogP contribution >= 0.6 is 0 Å². The first-order valence-corrected chi connectivity index (χ1v) is 8.75. The van der Waals surface area contributed by atoms with Gasteiger partial charge in [-0.3, -0.25) is 4.79 Å². The van der Waals surface area contributed by atoms with E-state index in [2.05, 4.69) is 40.4 Å². The van der Waals surface area contributed by atoms with Crippen LogP contribution in [-0.2, 0) is 6.42 Å². The fourth-order valence-electron chi connectivity index (χ4n) is 3.29. The molecule has 4 rings (SSSR count). The molecule has 0 radical (unpaired) electrons. The van der Waals surface area contributed by atoms with Crippen LogP contribution in [0.15, 0.2) is 67.0 Å². The fraction of sp³-hybridized carbons (Fsp3) is 0.190. The fourth-order valence-corrected chi connectivity index (χ4v) is 3.29. The maximum Gasteiger partial charge on any atom is 0.277 e. The Kier molecular flexibility index (Phi) is 4.35. The van der Waals surface area contributed by atoms with Crippen molar-refractivity contribution in [2.24, 2.45) is 0 Å². The summed E-state index contributed by atoms with van der Waals surface area (Å²) in [6.07, 6.45) is 2.32. The van der Waals surface area contributed by atoms with E-state index in [-0.39, 0.29) is 11.9 Å². The summed E-state index contributed by atoms with van der Waals surface area (Å²) in [7, 11) is 0. The molecule has 5 nitrogen and oxygen atoms in total. The minimum atomic E-state index is -0.0900. The second kappa shape index (κ2) is 6.96. The highest BCUT2D eigenvalue weighted by molar-refractivity contribution is 6.06. The minimum Gasteiger partial charge on any atom is -0.363 e. The second-order valence-corrected chi connectivity index (χ2v) is 6.40. The van der Waals surface area contributed by atoms with E-state index in [0.717, 1.165) is 17.7 Å². The van der Waals surface area contributed by atoms with Gasteiger partial charge in [0.1, 0.15) is 17.8 Å². The summed E-state index contributed by atoms with van der Waals surface area (Å²) in [5, 5.41) is 3.34. The van der Waals surface area contributed by atoms with Crippen LogP contribution in [0.4, 0.5) is 11.5 Å². The van der Waals surface area contributed by atoms with Crippen LogP contribution in [0.3, 0.4) is 0 Å². The Bertz CT molecular complexity index is 926. The molecule has 0 saturated carbocycles. The molecule has 0 fully saturated rings. The third-order valence-corrected chi connectivity index (χ3v) is 4.68. The number of nitrogens with one attached hydrogen (secondary N) is 1. The standard InChI is InChI=1S/C21H20N4O/c1-15(16-7-3-2-4-8-16)24-20-13-18(22-14-23-20)21(26)25-12-11-17-9-5-6-10-19(17)25/h2-10,13-15H,11-12H2,1H3,(H,22,23,24). The minimum absolute atomic E-state index is 0.0848. The van der Waals surface area contributed by atoms with Gasteiger partial charge >= 0.3 is 0 Å². The van der Waals surface area contributed by atoms with Gasteiger partial charge in [0, 0.05) is 24.3 Å². The lowest BCUT2D eigenvalue weighted by molar-refractivity contribution is 0.0984. The van der Waals surface area contributed by atoms with Gasteiger partial charge in [0.25, 0.3) is 5.91 Å². The third-order valence-electron chi connectivity index (χ3n) is 4.68. The van der Waals surface area contributed by atoms with Gasteiger partial charge in [0.2, 0.25) is 0 Å². The number of para-hydroxylation sites is 1. The summed E-state index contributed by atoms with van der Waals surface area (Å²) in [4.78, 5) is 23.2. The molecule has 2 aromatic carbocycles. The monoisotopic (exact) mass is 344 g/mol. The molecule has 3 aromatic rings. The van der Waals surface area contributed by atoms with E-state index in [0.29, 0.717) is 18.1 Å². The molecule has 1 aliphatic heterocycles. The van der Waals surface area contributed by atoms with E-state index in [1.54, 1.807) is 11.0 Å². The predicted molar refractivity (Wildman–Crippen MR) is 102 cm³/mol. The van der Waals surface area contributed by atoms with Crippen molar-refractivity contribution in [1.82, 2.24) is 9.97 Å². The van der Waals surface area contributed by atoms with E-state index in [4.69, 9.17) is 0 Å². The maximum atomic E-state index is 12.9. The largest absolute Gasteiger partial charge is 0.363 e. The average Bonchev–Trinajstić information content (AvgIpc) is 3.12. The van der Waals surface area contributed by atoms with Crippen molar-refractivity contribution in [2.45, 2.75) is 19.4 Å². The van der Waals surface area contributed by atoms with Gasteiger partial charge < -0.3 is 10.2 Å². The Morgan fingerprint density at radius 1 is 1.08 bits per heavy atom. The Labute approximate surface area is 152 Å². The number of anilines is 2. The molecule has 1 aromatic heterocycles. The first-order chi connectivity index (χ1) is 12.7. The number of rotatable bonds is 4. The molecule has 5 heteroatoms. The number of nitrogens with zero attached hydrogens (tertiary/aromatic N) is 3. The van der Waals surface area contributed by atoms with Crippen molar-refractivity contribution in [3.8, 4) is 0 Å². The summed E-state index contributed by atoms with van der Waals surface area (Å²) in [6, 6.07) is 20.0. The van der Waals surface area contributed by atoms with E-state index >= 15 is 0 Å². The molecule has 2 heterocycles. The quantitative estimate of drug-likeness (QED) is 0.781. The van der Waals surface area contributed by atoms with Crippen molar-refractivity contribution in [3.05, 3.63) is 83.8 Å². The second-order valence-electron chi connectivity index (χ2n) is 6.40. The van der Waals surface area contributed by atoms with Crippen molar-refractivity contribution in [1.29, 1.82) is 0 Å². The highest BCUT2D eigenvalue weighted by Gasteiger charge is 2.26. The molecule has 1 amide bonds. The van der Waals surface area contributed by atoms with E-state index in [1.165, 1.54) is 11.9 Å². The van der Waals surface area contributed by atoms with Crippen LogP contribution < -0.4 is 10.2 Å². The van der Waals surface area contributed by atoms with Crippen LogP contribution in [0.1, 0.15) is 34.6 Å². The lowest BCUT2D eigenvalue weighted by Crippen LogP contribution is -2.29. The van der Waals surface area contributed by atoms with Crippen molar-refractivity contribution in [2.75, 3.05) is 16.8 Å². The SMILES string of the molecule is CC(Nc1cc(C(=O)N2CCc3ccccc32)ncn1)c1ccccc1. The van der Waals surface area contributed by atoms with Crippen molar-refractivity contribution >= 4 is 17.4 Å². The van der Waals surface area contributed by atoms with Gasteiger partial charge in [-0.05, 0) is 30.5 Å². The number of hydrogen-bond acceptors (Lipinski definition) is 4. The molecule has 0 saturated heterocycles. The van der Waals surface area contributed by atoms with Gasteiger partial charge in [0.15, 0.2) is 0 Å². The number of carbonyl (C=O) groups is 1. The van der Waals surface area contributed by atoms with Crippen LogP contribution in [0.2, 0.25) is 0 Å². The molecule has 1 aliphatic rings. The van der Waals surface area contributed by atoms with Crippen LogP contribution in [-0.4, -0.2) is 22.4 Å². The molecular formula is C21H20N4O. The van der Waals surface area contributed by atoms with Gasteiger partial charge in [-0.15, -0.1) is 0 Å². The summed E-state index contributed by atoms with van der Waals surface area (Å²) >= 11 is 0. The number of aromatic nitrogens is 2. The van der Waals surface area contributed by atoms with Gasteiger partial charge in [-0.2, -0.15) is 0 Å². The lowest BCUT2D eigenvalue weighted by Gasteiger charge is -2.18. The summed E-state index contributed by atoms with van der Waals surface area (Å²) in [5.74, 6) is 0.556. The maximum absolute atomic E-state index is 12.9. The summed E-state index contributed by atoms with van der Waals surface area (Å²) in [6.45, 7) is 2.75. The number of carbonyl (C=O) groups excluding carboxylic acids is 1. The molecule has 1 unspecified atom stereocenters. The zero-order valence-corrected chi connectivity index (χ0v) is 14.6. The molecule has 0 bridgehead atoms. The zero-order valence-electron chi connectivity index (χ0n) is 14.6. The van der Waals surface area contributed by atoms with Crippen molar-refractivity contribution in [3.63, 3.8) is 0 Å². The molecule has 0 spiro atoms. The molecule has 1 atom stereocenters. The average molecular weight is 344 g/mol. The van der Waals surface area contributed by atoms with E-state index in [9.17, 15) is 4.79 Å². The number of fused-ring (bicyclic) bond motifs is 1. The van der Waals surface area contributed by atoms with Crippen LogP contribution in [0.5, 0.6) is 0 Å². The van der Waals surface area contributed by atoms with Crippen molar-refractivity contribution < 1.29 is 4.79 Å². The van der Waals surface area contributed by atoms with Crippen LogP contribution in [0, 0.1) is 0 Å². The van der Waals surface area contributed by atoms with E-state index in [1.807, 2.05) is 36.4 Å². The Balaban J connectivity index is 1.54. The highest BCUT2D eigenvalue weighted by Crippen LogP contribution is 2.28. The predicted octanol–water partition coefficient (Wildman–Crippen LogP) is 3.85. The third kappa shape index (κ3) is 3.16. The Morgan fingerprint density at radius 3 is 2.69 bits per heavy atom. The molecule has 0 aliphatic carbocycles. The topological polar surface area (TPSA) is 58.1 Å². The molecule has 26 heavy (non-hydrogen) atoms. The van der Waals surface area contributed by atoms with Gasteiger partial charge in [0.05, 0.1) is 0 Å². The molecule has 130 valence electrons. The summed E-state index contributed by atoms with van der Waals surface area (Å²) in [5.41, 5.74) is 3.74. The molecular weight excluding hydrogens is 324 g/mol.